The Morgan fingerprint density at radius 3 is 3.03 bits per heavy atom. The van der Waals surface area contributed by atoms with Crippen LogP contribution in [0.3, 0.4) is 0 Å². The molecule has 33 heavy (non-hydrogen) atoms. The minimum absolute atomic E-state index is 0.430. The minimum Gasteiger partial charge on any atom is -0.495 e. The lowest BCUT2D eigenvalue weighted by Crippen LogP contribution is -2.20. The topological polar surface area (TPSA) is 50.6 Å². The van der Waals surface area contributed by atoms with E-state index in [0.717, 1.165) is 41.7 Å². The van der Waals surface area contributed by atoms with Crippen LogP contribution in [0.1, 0.15) is 11.3 Å². The van der Waals surface area contributed by atoms with Crippen molar-refractivity contribution in [3.8, 4) is 0 Å². The molecule has 1 aliphatic rings. The third-order valence-corrected chi connectivity index (χ3v) is 5.44. The standard InChI is InChI=1S/C28H28N4O/c1-2-23(8-7-19-33-22-26-12-11-24-9-3-4-10-27(24)31-26)20-29-15-5-6-17-32-18-14-25-13-16-30-21-28(25)32/h2-13,15-16,19,21H,1,14,17-18,20,22H2/b6-5-,19-7+,23-8+,29-15?. The van der Waals surface area contributed by atoms with Gasteiger partial charge in [-0.1, -0.05) is 49.1 Å². The molecule has 0 aliphatic carbocycles. The Labute approximate surface area is 195 Å². The highest BCUT2D eigenvalue weighted by atomic mass is 16.5. The molecule has 0 saturated heterocycles. The molecule has 0 unspecified atom stereocenters. The molecule has 1 aliphatic heterocycles. The number of rotatable bonds is 10. The maximum Gasteiger partial charge on any atom is 0.129 e. The van der Waals surface area contributed by atoms with Gasteiger partial charge in [-0.2, -0.15) is 0 Å². The molecule has 0 N–H and O–H groups in total. The van der Waals surface area contributed by atoms with Crippen molar-refractivity contribution in [2.24, 2.45) is 4.99 Å². The molecular weight excluding hydrogens is 408 g/mol. The molecule has 5 heteroatoms. The summed E-state index contributed by atoms with van der Waals surface area (Å²) in [6, 6.07) is 14.2. The first-order valence-corrected chi connectivity index (χ1v) is 11.1. The Morgan fingerprint density at radius 1 is 1.15 bits per heavy atom. The third-order valence-electron chi connectivity index (χ3n) is 5.44. The maximum atomic E-state index is 5.61. The molecule has 2 aromatic heterocycles. The van der Waals surface area contributed by atoms with E-state index in [1.165, 1.54) is 11.3 Å². The third kappa shape index (κ3) is 6.26. The number of hydrogen-bond donors (Lipinski definition) is 0. The second-order valence-corrected chi connectivity index (χ2v) is 7.70. The number of benzene rings is 1. The van der Waals surface area contributed by atoms with Gasteiger partial charge in [-0.25, -0.2) is 4.98 Å². The molecule has 0 amide bonds. The first-order chi connectivity index (χ1) is 16.3. The lowest BCUT2D eigenvalue weighted by Gasteiger charge is -2.15. The van der Waals surface area contributed by atoms with Crippen molar-refractivity contribution in [3.63, 3.8) is 0 Å². The monoisotopic (exact) mass is 436 g/mol. The summed E-state index contributed by atoms with van der Waals surface area (Å²) in [6.07, 6.45) is 18.1. The SMILES string of the molecule is C=C/C(=C\C=C\OCc1ccc2ccccc2n1)CN=C/C=C\CN1CCc2ccncc21. The molecule has 0 fully saturated rings. The Hall–Kier alpha value is -3.99. The van der Waals surface area contributed by atoms with Gasteiger partial charge in [0, 0.05) is 30.9 Å². The van der Waals surface area contributed by atoms with Gasteiger partial charge in [0.1, 0.15) is 6.61 Å². The smallest absolute Gasteiger partial charge is 0.129 e. The van der Waals surface area contributed by atoms with Gasteiger partial charge < -0.3 is 9.64 Å². The van der Waals surface area contributed by atoms with E-state index in [0.29, 0.717) is 13.2 Å². The van der Waals surface area contributed by atoms with Crippen molar-refractivity contribution in [2.75, 3.05) is 24.5 Å². The number of pyridine rings is 2. The zero-order valence-corrected chi connectivity index (χ0v) is 18.7. The lowest BCUT2D eigenvalue weighted by atomic mass is 10.2. The summed E-state index contributed by atoms with van der Waals surface area (Å²) >= 11 is 0. The van der Waals surface area contributed by atoms with E-state index < -0.39 is 0 Å². The van der Waals surface area contributed by atoms with E-state index in [9.17, 15) is 0 Å². The van der Waals surface area contributed by atoms with Crippen LogP contribution in [0.15, 0.2) is 109 Å². The largest absolute Gasteiger partial charge is 0.495 e. The summed E-state index contributed by atoms with van der Waals surface area (Å²) in [4.78, 5) is 15.6. The summed E-state index contributed by atoms with van der Waals surface area (Å²) in [6.45, 7) is 6.77. The normalized spacial score (nSPS) is 14.1. The zero-order chi connectivity index (χ0) is 22.7. The Bertz CT molecular complexity index is 1210. The van der Waals surface area contributed by atoms with Crippen LogP contribution in [0.4, 0.5) is 5.69 Å². The van der Waals surface area contributed by atoms with Crippen LogP contribution in [0.5, 0.6) is 0 Å². The summed E-state index contributed by atoms with van der Waals surface area (Å²) < 4.78 is 5.61. The zero-order valence-electron chi connectivity index (χ0n) is 18.7. The number of anilines is 1. The molecule has 0 bridgehead atoms. The predicted molar refractivity (Wildman–Crippen MR) is 137 cm³/mol. The van der Waals surface area contributed by atoms with Gasteiger partial charge in [0.15, 0.2) is 0 Å². The van der Waals surface area contributed by atoms with Crippen LogP contribution in [0.25, 0.3) is 10.9 Å². The predicted octanol–water partition coefficient (Wildman–Crippen LogP) is 5.46. The van der Waals surface area contributed by atoms with Crippen LogP contribution < -0.4 is 4.90 Å². The molecule has 1 aromatic carbocycles. The molecule has 5 nitrogen and oxygen atoms in total. The van der Waals surface area contributed by atoms with Crippen LogP contribution >= 0.6 is 0 Å². The van der Waals surface area contributed by atoms with Gasteiger partial charge in [-0.15, -0.1) is 0 Å². The highest BCUT2D eigenvalue weighted by Crippen LogP contribution is 2.25. The highest BCUT2D eigenvalue weighted by Gasteiger charge is 2.16. The number of allylic oxidation sites excluding steroid dienone is 3. The fourth-order valence-electron chi connectivity index (χ4n) is 3.67. The second kappa shape index (κ2) is 11.6. The summed E-state index contributed by atoms with van der Waals surface area (Å²) in [5.41, 5.74) is 5.50. The molecule has 3 aromatic rings. The Kier molecular flexibility index (Phi) is 7.79. The minimum atomic E-state index is 0.430. The highest BCUT2D eigenvalue weighted by molar-refractivity contribution is 5.78. The molecule has 166 valence electrons. The van der Waals surface area contributed by atoms with E-state index in [4.69, 9.17) is 4.74 Å². The van der Waals surface area contributed by atoms with E-state index in [1.54, 1.807) is 6.26 Å². The van der Waals surface area contributed by atoms with Crippen molar-refractivity contribution in [1.29, 1.82) is 0 Å². The van der Waals surface area contributed by atoms with Gasteiger partial charge in [0.25, 0.3) is 0 Å². The Morgan fingerprint density at radius 2 is 2.09 bits per heavy atom. The molecule has 0 saturated carbocycles. The van der Waals surface area contributed by atoms with Gasteiger partial charge in [-0.3, -0.25) is 9.98 Å². The summed E-state index contributed by atoms with van der Waals surface area (Å²) in [5, 5.41) is 1.13. The number of nitrogens with zero attached hydrogens (tertiary/aromatic N) is 4. The van der Waals surface area contributed by atoms with E-state index in [-0.39, 0.29) is 0 Å². The number of fused-ring (bicyclic) bond motifs is 2. The number of para-hydroxylation sites is 1. The molecular formula is C28H28N4O. The van der Waals surface area contributed by atoms with Gasteiger partial charge >= 0.3 is 0 Å². The summed E-state index contributed by atoms with van der Waals surface area (Å²) in [7, 11) is 0. The van der Waals surface area contributed by atoms with Crippen molar-refractivity contribution in [3.05, 3.63) is 115 Å². The lowest BCUT2D eigenvalue weighted by molar-refractivity contribution is 0.233. The van der Waals surface area contributed by atoms with E-state index >= 15 is 0 Å². The second-order valence-electron chi connectivity index (χ2n) is 7.70. The van der Waals surface area contributed by atoms with E-state index in [1.807, 2.05) is 67.2 Å². The maximum absolute atomic E-state index is 5.61. The van der Waals surface area contributed by atoms with Gasteiger partial charge in [0.05, 0.1) is 35.9 Å². The average Bonchev–Trinajstić information content (AvgIpc) is 3.27. The average molecular weight is 437 g/mol. The van der Waals surface area contributed by atoms with Gasteiger partial charge in [-0.05, 0) is 47.9 Å². The fraction of sp³-hybridized carbons (Fsp3) is 0.179. The number of hydrogen-bond acceptors (Lipinski definition) is 5. The van der Waals surface area contributed by atoms with Crippen molar-refractivity contribution in [1.82, 2.24) is 9.97 Å². The molecule has 0 atom stereocenters. The van der Waals surface area contributed by atoms with Crippen LogP contribution in [0.2, 0.25) is 0 Å². The van der Waals surface area contributed by atoms with E-state index in [2.05, 4.69) is 50.7 Å². The number of ether oxygens (including phenoxy) is 1. The number of aliphatic imine (C=N–C) groups is 1. The molecule has 4 rings (SSSR count). The molecule has 3 heterocycles. The Balaban J connectivity index is 1.19. The first-order valence-electron chi connectivity index (χ1n) is 11.1. The molecule has 0 spiro atoms. The van der Waals surface area contributed by atoms with Crippen molar-refractivity contribution >= 4 is 22.8 Å². The van der Waals surface area contributed by atoms with Gasteiger partial charge in [0.2, 0.25) is 0 Å². The molecule has 0 radical (unpaired) electrons. The van der Waals surface area contributed by atoms with Crippen LogP contribution in [-0.2, 0) is 17.8 Å². The quantitative estimate of drug-likeness (QED) is 0.240. The fourth-order valence-corrected chi connectivity index (χ4v) is 3.67. The van der Waals surface area contributed by atoms with Crippen molar-refractivity contribution < 1.29 is 4.74 Å². The first kappa shape index (κ1) is 22.2. The van der Waals surface area contributed by atoms with Crippen molar-refractivity contribution in [2.45, 2.75) is 13.0 Å². The number of aromatic nitrogens is 2. The summed E-state index contributed by atoms with van der Waals surface area (Å²) in [5.74, 6) is 0. The van der Waals surface area contributed by atoms with Crippen LogP contribution in [-0.4, -0.2) is 35.8 Å². The van der Waals surface area contributed by atoms with Crippen LogP contribution in [0, 0.1) is 0 Å².